The smallest absolute Gasteiger partial charge is 0.164 e. The molecule has 5 aromatic carbocycles. The SMILES string of the molecule is C1=C(c2ccc(-n3c4ccccc4c4ccccc43)cc2)CCC(c2nc(-c3ccccc3)nc(-c3ccccc3)n2)=C1. The first-order valence-corrected chi connectivity index (χ1v) is 14.7. The van der Waals surface area contributed by atoms with Crippen molar-refractivity contribution in [1.29, 1.82) is 0 Å². The molecule has 7 aromatic rings. The summed E-state index contributed by atoms with van der Waals surface area (Å²) in [6, 6.07) is 46.5. The van der Waals surface area contributed by atoms with Gasteiger partial charge in [-0.15, -0.1) is 0 Å². The number of nitrogens with zero attached hydrogens (tertiary/aromatic N) is 4. The maximum atomic E-state index is 4.92. The molecule has 2 aromatic heterocycles. The molecule has 1 aliphatic rings. The molecule has 1 aliphatic carbocycles. The Balaban J connectivity index is 1.14. The molecule has 0 unspecified atom stereocenters. The van der Waals surface area contributed by atoms with Gasteiger partial charge in [0.1, 0.15) is 0 Å². The summed E-state index contributed by atoms with van der Waals surface area (Å²) in [5.74, 6) is 2.13. The van der Waals surface area contributed by atoms with E-state index >= 15 is 0 Å². The van der Waals surface area contributed by atoms with Crippen molar-refractivity contribution in [1.82, 2.24) is 19.5 Å². The standard InChI is InChI=1S/C39H28N4/c1-3-11-29(12-4-1)37-40-38(30-13-5-2-6-14-30)42-39(41-37)31-21-19-27(20-22-31)28-23-25-32(26-24-28)43-35-17-9-7-15-33(35)34-16-8-10-18-36(34)43/h1-19,21,23-26H,20,22H2. The highest BCUT2D eigenvalue weighted by Crippen LogP contribution is 2.35. The van der Waals surface area contributed by atoms with Crippen LogP contribution in [0.3, 0.4) is 0 Å². The lowest BCUT2D eigenvalue weighted by Crippen LogP contribution is -2.04. The third kappa shape index (κ3) is 4.63. The zero-order chi connectivity index (χ0) is 28.6. The van der Waals surface area contributed by atoms with Gasteiger partial charge in [-0.25, -0.2) is 15.0 Å². The molecule has 2 heterocycles. The number of rotatable bonds is 5. The van der Waals surface area contributed by atoms with Gasteiger partial charge < -0.3 is 4.57 Å². The Morgan fingerprint density at radius 3 is 1.40 bits per heavy atom. The van der Waals surface area contributed by atoms with E-state index < -0.39 is 0 Å². The van der Waals surface area contributed by atoms with Gasteiger partial charge in [0, 0.05) is 27.6 Å². The number of hydrogen-bond donors (Lipinski definition) is 0. The fourth-order valence-electron chi connectivity index (χ4n) is 6.04. The predicted octanol–water partition coefficient (Wildman–Crippen LogP) is 9.56. The van der Waals surface area contributed by atoms with Gasteiger partial charge in [-0.3, -0.25) is 0 Å². The Kier molecular flexibility index (Phi) is 6.23. The number of aromatic nitrogens is 4. The molecule has 0 aliphatic heterocycles. The third-order valence-electron chi connectivity index (χ3n) is 8.21. The van der Waals surface area contributed by atoms with Crippen LogP contribution in [-0.4, -0.2) is 19.5 Å². The van der Waals surface area contributed by atoms with E-state index in [0.29, 0.717) is 11.6 Å². The highest BCUT2D eigenvalue weighted by atomic mass is 15.0. The van der Waals surface area contributed by atoms with Gasteiger partial charge in [0.05, 0.1) is 11.0 Å². The number of hydrogen-bond acceptors (Lipinski definition) is 3. The molecule has 0 saturated carbocycles. The van der Waals surface area contributed by atoms with Gasteiger partial charge in [0.25, 0.3) is 0 Å². The summed E-state index contributed by atoms with van der Waals surface area (Å²) in [6.07, 6.45) is 6.20. The minimum Gasteiger partial charge on any atom is -0.309 e. The predicted molar refractivity (Wildman–Crippen MR) is 177 cm³/mol. The normalized spacial score (nSPS) is 13.2. The van der Waals surface area contributed by atoms with Crippen molar-refractivity contribution in [2.45, 2.75) is 12.8 Å². The number of allylic oxidation sites excluding steroid dienone is 4. The Bertz CT molecular complexity index is 2040. The number of para-hydroxylation sites is 2. The first kappa shape index (κ1) is 25.1. The molecule has 0 fully saturated rings. The van der Waals surface area contributed by atoms with Crippen LogP contribution in [0, 0.1) is 0 Å². The quantitative estimate of drug-likeness (QED) is 0.214. The Hall–Kier alpha value is -5.61. The highest BCUT2D eigenvalue weighted by molar-refractivity contribution is 6.09. The van der Waals surface area contributed by atoms with Crippen LogP contribution in [0.25, 0.3) is 61.4 Å². The van der Waals surface area contributed by atoms with E-state index in [1.807, 2.05) is 60.7 Å². The van der Waals surface area contributed by atoms with E-state index in [-0.39, 0.29) is 0 Å². The summed E-state index contributed by atoms with van der Waals surface area (Å²) in [4.78, 5) is 14.7. The van der Waals surface area contributed by atoms with Crippen molar-refractivity contribution < 1.29 is 0 Å². The summed E-state index contributed by atoms with van der Waals surface area (Å²) < 4.78 is 2.36. The molecule has 0 atom stereocenters. The summed E-state index contributed by atoms with van der Waals surface area (Å²) in [6.45, 7) is 0. The maximum absolute atomic E-state index is 4.92. The highest BCUT2D eigenvalue weighted by Gasteiger charge is 2.17. The molecule has 4 nitrogen and oxygen atoms in total. The molecule has 0 amide bonds. The number of fused-ring (bicyclic) bond motifs is 3. The van der Waals surface area contributed by atoms with E-state index in [9.17, 15) is 0 Å². The molecule has 0 spiro atoms. The summed E-state index contributed by atoms with van der Waals surface area (Å²) >= 11 is 0. The summed E-state index contributed by atoms with van der Waals surface area (Å²) in [5.41, 5.74) is 9.27. The number of benzene rings is 5. The second-order valence-electron chi connectivity index (χ2n) is 10.8. The fraction of sp³-hybridized carbons (Fsp3) is 0.0513. The lowest BCUT2D eigenvalue weighted by atomic mass is 9.92. The van der Waals surface area contributed by atoms with Gasteiger partial charge in [-0.1, -0.05) is 121 Å². The van der Waals surface area contributed by atoms with Crippen molar-refractivity contribution in [3.8, 4) is 28.5 Å². The molecule has 43 heavy (non-hydrogen) atoms. The van der Waals surface area contributed by atoms with Gasteiger partial charge >= 0.3 is 0 Å². The monoisotopic (exact) mass is 552 g/mol. The molecule has 0 N–H and O–H groups in total. The lowest BCUT2D eigenvalue weighted by Gasteiger charge is -2.16. The fourth-order valence-corrected chi connectivity index (χ4v) is 6.04. The van der Waals surface area contributed by atoms with Gasteiger partial charge in [0.2, 0.25) is 0 Å². The molecule has 0 radical (unpaired) electrons. The van der Waals surface area contributed by atoms with E-state index in [4.69, 9.17) is 15.0 Å². The van der Waals surface area contributed by atoms with Crippen LogP contribution in [0.1, 0.15) is 24.2 Å². The minimum absolute atomic E-state index is 0.695. The van der Waals surface area contributed by atoms with Crippen molar-refractivity contribution in [3.05, 3.63) is 157 Å². The topological polar surface area (TPSA) is 43.6 Å². The maximum Gasteiger partial charge on any atom is 0.164 e. The first-order valence-electron chi connectivity index (χ1n) is 14.7. The van der Waals surface area contributed by atoms with Crippen LogP contribution in [0.15, 0.2) is 146 Å². The molecule has 8 rings (SSSR count). The second kappa shape index (κ2) is 10.7. The van der Waals surface area contributed by atoms with Crippen molar-refractivity contribution >= 4 is 33.0 Å². The molecule has 204 valence electrons. The Labute approximate surface area is 250 Å². The Morgan fingerprint density at radius 2 is 0.860 bits per heavy atom. The molecule has 0 bridgehead atoms. The van der Waals surface area contributed by atoms with E-state index in [2.05, 4.69) is 89.5 Å². The first-order chi connectivity index (χ1) is 21.3. The largest absolute Gasteiger partial charge is 0.309 e. The minimum atomic E-state index is 0.695. The van der Waals surface area contributed by atoms with Crippen LogP contribution in [-0.2, 0) is 0 Å². The second-order valence-corrected chi connectivity index (χ2v) is 10.8. The van der Waals surface area contributed by atoms with Gasteiger partial charge in [0.15, 0.2) is 17.5 Å². The van der Waals surface area contributed by atoms with E-state index in [0.717, 1.165) is 35.4 Å². The summed E-state index contributed by atoms with van der Waals surface area (Å²) in [7, 11) is 0. The third-order valence-corrected chi connectivity index (χ3v) is 8.21. The molecular formula is C39H28N4. The van der Waals surface area contributed by atoms with Crippen molar-refractivity contribution in [3.63, 3.8) is 0 Å². The molecule has 0 saturated heterocycles. The lowest BCUT2D eigenvalue weighted by molar-refractivity contribution is 0.985. The molecular weight excluding hydrogens is 524 g/mol. The molecule has 4 heteroatoms. The summed E-state index contributed by atoms with van der Waals surface area (Å²) in [5, 5.41) is 2.55. The van der Waals surface area contributed by atoms with Crippen LogP contribution in [0.4, 0.5) is 0 Å². The zero-order valence-corrected chi connectivity index (χ0v) is 23.6. The Morgan fingerprint density at radius 1 is 0.395 bits per heavy atom. The van der Waals surface area contributed by atoms with Crippen LogP contribution in [0.2, 0.25) is 0 Å². The van der Waals surface area contributed by atoms with Crippen molar-refractivity contribution in [2.75, 3.05) is 0 Å². The average Bonchev–Trinajstić information content (AvgIpc) is 3.43. The zero-order valence-electron chi connectivity index (χ0n) is 23.6. The van der Waals surface area contributed by atoms with Crippen LogP contribution >= 0.6 is 0 Å². The van der Waals surface area contributed by atoms with Crippen molar-refractivity contribution in [2.24, 2.45) is 0 Å². The van der Waals surface area contributed by atoms with E-state index in [1.165, 1.54) is 38.6 Å². The van der Waals surface area contributed by atoms with Crippen LogP contribution in [0.5, 0.6) is 0 Å². The van der Waals surface area contributed by atoms with Gasteiger partial charge in [-0.2, -0.15) is 0 Å². The van der Waals surface area contributed by atoms with Crippen LogP contribution < -0.4 is 0 Å². The average molecular weight is 553 g/mol. The van der Waals surface area contributed by atoms with Gasteiger partial charge in [-0.05, 0) is 53.8 Å². The van der Waals surface area contributed by atoms with E-state index in [1.54, 1.807) is 0 Å².